The second kappa shape index (κ2) is 11.6. The first kappa shape index (κ1) is 24.4. The summed E-state index contributed by atoms with van der Waals surface area (Å²) in [6.07, 6.45) is 1.88. The number of rotatable bonds is 12. The molecule has 0 saturated heterocycles. The quantitative estimate of drug-likeness (QED) is 0.352. The van der Waals surface area contributed by atoms with Crippen LogP contribution in [-0.4, -0.2) is 38.0 Å². The van der Waals surface area contributed by atoms with E-state index in [1.807, 2.05) is 54.6 Å². The molecule has 0 aromatic heterocycles. The van der Waals surface area contributed by atoms with Gasteiger partial charge in [0.1, 0.15) is 6.04 Å². The molecule has 0 bridgehead atoms. The largest absolute Gasteiger partial charge is 0.480 e. The van der Waals surface area contributed by atoms with Gasteiger partial charge in [0.05, 0.1) is 4.90 Å². The standard InChI is InChI=1S/C25H28N2O5S/c28-24(16-13-19-8-2-1-3-9-19)27-23(25(29)30)12-6-7-17-26-33(31,32)22-15-14-20-10-4-5-11-21(20)18-22/h1-5,8-11,14-15,18,23,26H,6-7,12-13,16-17H2,(H,27,28)(H,29,30). The first-order chi connectivity index (χ1) is 15.8. The number of carbonyl (C=O) groups excluding carboxylic acids is 1. The van der Waals surface area contributed by atoms with Crippen LogP contribution < -0.4 is 10.0 Å². The molecule has 0 aliphatic heterocycles. The number of hydrogen-bond acceptors (Lipinski definition) is 4. The molecule has 3 N–H and O–H groups in total. The fraction of sp³-hybridized carbons (Fsp3) is 0.280. The van der Waals surface area contributed by atoms with Crippen LogP contribution in [0.2, 0.25) is 0 Å². The van der Waals surface area contributed by atoms with E-state index in [2.05, 4.69) is 10.0 Å². The number of amides is 1. The predicted octanol–water partition coefficient (Wildman–Crippen LogP) is 3.49. The van der Waals surface area contributed by atoms with Crippen LogP contribution in [0.25, 0.3) is 10.8 Å². The summed E-state index contributed by atoms with van der Waals surface area (Å²) in [4.78, 5) is 23.8. The summed E-state index contributed by atoms with van der Waals surface area (Å²) in [5.74, 6) is -1.41. The SMILES string of the molecule is O=C(CCc1ccccc1)NC(CCCCNS(=O)(=O)c1ccc2ccccc2c1)C(=O)O. The number of carboxylic acids is 1. The van der Waals surface area contributed by atoms with Crippen molar-refractivity contribution in [1.29, 1.82) is 0 Å². The molecule has 0 spiro atoms. The van der Waals surface area contributed by atoms with Gasteiger partial charge in [-0.3, -0.25) is 4.79 Å². The average Bonchev–Trinajstić information content (AvgIpc) is 2.82. The summed E-state index contributed by atoms with van der Waals surface area (Å²) >= 11 is 0. The van der Waals surface area contributed by atoms with Crippen LogP contribution in [0.5, 0.6) is 0 Å². The van der Waals surface area contributed by atoms with E-state index in [0.29, 0.717) is 19.3 Å². The maximum absolute atomic E-state index is 12.6. The molecule has 0 radical (unpaired) electrons. The molecule has 0 aliphatic rings. The topological polar surface area (TPSA) is 113 Å². The maximum Gasteiger partial charge on any atom is 0.326 e. The Kier molecular flexibility index (Phi) is 8.57. The Balaban J connectivity index is 1.42. The van der Waals surface area contributed by atoms with Crippen molar-refractivity contribution in [2.75, 3.05) is 6.54 Å². The van der Waals surface area contributed by atoms with Crippen LogP contribution in [0.15, 0.2) is 77.7 Å². The van der Waals surface area contributed by atoms with Gasteiger partial charge in [0.15, 0.2) is 0 Å². The van der Waals surface area contributed by atoms with E-state index in [4.69, 9.17) is 0 Å². The van der Waals surface area contributed by atoms with Crippen LogP contribution in [-0.2, 0) is 26.0 Å². The Hall–Kier alpha value is -3.23. The van der Waals surface area contributed by atoms with Crippen molar-refractivity contribution in [3.63, 3.8) is 0 Å². The van der Waals surface area contributed by atoms with Crippen LogP contribution in [0.1, 0.15) is 31.2 Å². The van der Waals surface area contributed by atoms with E-state index in [1.165, 1.54) is 0 Å². The van der Waals surface area contributed by atoms with Crippen molar-refractivity contribution in [3.05, 3.63) is 78.4 Å². The lowest BCUT2D eigenvalue weighted by atomic mass is 10.1. The zero-order valence-electron chi connectivity index (χ0n) is 18.2. The lowest BCUT2D eigenvalue weighted by molar-refractivity contribution is -0.142. The fourth-order valence-electron chi connectivity index (χ4n) is 3.52. The number of benzene rings is 3. The number of nitrogens with one attached hydrogen (secondary N) is 2. The molecule has 7 nitrogen and oxygen atoms in total. The summed E-state index contributed by atoms with van der Waals surface area (Å²) in [5, 5.41) is 13.8. The number of aryl methyl sites for hydroxylation is 1. The van der Waals surface area contributed by atoms with Crippen molar-refractivity contribution in [1.82, 2.24) is 10.0 Å². The third-order valence-electron chi connectivity index (χ3n) is 5.36. The second-order valence-electron chi connectivity index (χ2n) is 7.85. The van der Waals surface area contributed by atoms with Crippen molar-refractivity contribution in [2.24, 2.45) is 0 Å². The number of carboxylic acid groups (broad SMARTS) is 1. The summed E-state index contributed by atoms with van der Waals surface area (Å²) in [6, 6.07) is 21.0. The van der Waals surface area contributed by atoms with Gasteiger partial charge >= 0.3 is 5.97 Å². The highest BCUT2D eigenvalue weighted by atomic mass is 32.2. The monoisotopic (exact) mass is 468 g/mol. The molecule has 3 aromatic rings. The summed E-state index contributed by atoms with van der Waals surface area (Å²) in [5.41, 5.74) is 1.01. The summed E-state index contributed by atoms with van der Waals surface area (Å²) < 4.78 is 27.7. The van der Waals surface area contributed by atoms with Gasteiger partial charge in [0, 0.05) is 13.0 Å². The van der Waals surface area contributed by atoms with E-state index in [-0.39, 0.29) is 30.2 Å². The molecule has 0 aliphatic carbocycles. The van der Waals surface area contributed by atoms with Gasteiger partial charge < -0.3 is 10.4 Å². The highest BCUT2D eigenvalue weighted by molar-refractivity contribution is 7.89. The van der Waals surface area contributed by atoms with Gasteiger partial charge in [-0.05, 0) is 54.2 Å². The second-order valence-corrected chi connectivity index (χ2v) is 9.61. The van der Waals surface area contributed by atoms with Crippen LogP contribution >= 0.6 is 0 Å². The van der Waals surface area contributed by atoms with Crippen LogP contribution in [0.4, 0.5) is 0 Å². The van der Waals surface area contributed by atoms with Gasteiger partial charge in [-0.25, -0.2) is 17.9 Å². The van der Waals surface area contributed by atoms with E-state index < -0.39 is 22.0 Å². The molecule has 3 aromatic carbocycles. The Morgan fingerprint density at radius 2 is 1.58 bits per heavy atom. The summed E-state index contributed by atoms with van der Waals surface area (Å²) in [7, 11) is -3.66. The Morgan fingerprint density at radius 1 is 0.879 bits per heavy atom. The summed E-state index contributed by atoms with van der Waals surface area (Å²) in [6.45, 7) is 0.184. The van der Waals surface area contributed by atoms with Gasteiger partial charge in [-0.15, -0.1) is 0 Å². The Morgan fingerprint density at radius 3 is 2.30 bits per heavy atom. The number of fused-ring (bicyclic) bond motifs is 1. The fourth-order valence-corrected chi connectivity index (χ4v) is 4.63. The zero-order valence-corrected chi connectivity index (χ0v) is 19.1. The molecule has 1 amide bonds. The first-order valence-electron chi connectivity index (χ1n) is 10.9. The Bertz CT molecular complexity index is 1200. The van der Waals surface area contributed by atoms with E-state index in [9.17, 15) is 23.1 Å². The third kappa shape index (κ3) is 7.40. The first-order valence-corrected chi connectivity index (χ1v) is 12.4. The maximum atomic E-state index is 12.6. The van der Waals surface area contributed by atoms with Gasteiger partial charge in [-0.2, -0.15) is 0 Å². The van der Waals surface area contributed by atoms with E-state index in [1.54, 1.807) is 18.2 Å². The molecule has 33 heavy (non-hydrogen) atoms. The average molecular weight is 469 g/mol. The highest BCUT2D eigenvalue weighted by Gasteiger charge is 2.20. The van der Waals surface area contributed by atoms with E-state index in [0.717, 1.165) is 16.3 Å². The minimum atomic E-state index is -3.66. The minimum absolute atomic E-state index is 0.184. The lowest BCUT2D eigenvalue weighted by Gasteiger charge is -2.15. The Labute approximate surface area is 193 Å². The molecule has 3 rings (SSSR count). The van der Waals surface area contributed by atoms with Crippen molar-refractivity contribution < 1.29 is 23.1 Å². The minimum Gasteiger partial charge on any atom is -0.480 e. The van der Waals surface area contributed by atoms with Gasteiger partial charge in [-0.1, -0.05) is 60.7 Å². The van der Waals surface area contributed by atoms with Crippen LogP contribution in [0, 0.1) is 0 Å². The molecule has 0 saturated carbocycles. The smallest absolute Gasteiger partial charge is 0.326 e. The zero-order chi connectivity index (χ0) is 23.7. The number of sulfonamides is 1. The van der Waals surface area contributed by atoms with Crippen LogP contribution in [0.3, 0.4) is 0 Å². The third-order valence-corrected chi connectivity index (χ3v) is 6.82. The molecule has 0 fully saturated rings. The van der Waals surface area contributed by atoms with E-state index >= 15 is 0 Å². The van der Waals surface area contributed by atoms with Crippen molar-refractivity contribution in [3.8, 4) is 0 Å². The normalized spacial score (nSPS) is 12.4. The van der Waals surface area contributed by atoms with Crippen molar-refractivity contribution >= 4 is 32.7 Å². The lowest BCUT2D eigenvalue weighted by Crippen LogP contribution is -2.41. The molecule has 174 valence electrons. The number of unbranched alkanes of at least 4 members (excludes halogenated alkanes) is 1. The van der Waals surface area contributed by atoms with Gasteiger partial charge in [0.2, 0.25) is 15.9 Å². The van der Waals surface area contributed by atoms with Crippen molar-refractivity contribution in [2.45, 2.75) is 43.0 Å². The number of aliphatic carboxylic acids is 1. The predicted molar refractivity (Wildman–Crippen MR) is 127 cm³/mol. The molecular formula is C25H28N2O5S. The molecular weight excluding hydrogens is 440 g/mol. The molecule has 0 heterocycles. The van der Waals surface area contributed by atoms with Gasteiger partial charge in [0.25, 0.3) is 0 Å². The number of hydrogen-bond donors (Lipinski definition) is 3. The highest BCUT2D eigenvalue weighted by Crippen LogP contribution is 2.18. The number of carbonyl (C=O) groups is 2. The molecule has 1 unspecified atom stereocenters. The molecule has 1 atom stereocenters. The molecule has 8 heteroatoms.